The van der Waals surface area contributed by atoms with Gasteiger partial charge in [-0.3, -0.25) is 4.79 Å². The molecule has 1 heterocycles. The molecule has 1 fully saturated rings. The molecule has 2 N–H and O–H groups in total. The Morgan fingerprint density at radius 3 is 2.80 bits per heavy atom. The summed E-state index contributed by atoms with van der Waals surface area (Å²) in [6.07, 6.45) is 3.98. The Morgan fingerprint density at radius 2 is 2.10 bits per heavy atom. The molecule has 0 bridgehead atoms. The minimum absolute atomic E-state index is 0.0332. The summed E-state index contributed by atoms with van der Waals surface area (Å²) >= 11 is 0. The fraction of sp³-hybridized carbons (Fsp3) is 0.533. The monoisotopic (exact) mass is 282 g/mol. The van der Waals surface area contributed by atoms with Crippen LogP contribution in [0.3, 0.4) is 0 Å². The van der Waals surface area contributed by atoms with Gasteiger partial charge < -0.3 is 10.6 Å². The van der Waals surface area contributed by atoms with Crippen molar-refractivity contribution in [3.8, 4) is 0 Å². The molecule has 1 unspecified atom stereocenters. The first kappa shape index (κ1) is 14.9. The van der Waals surface area contributed by atoms with Gasteiger partial charge in [-0.05, 0) is 49.9 Å². The van der Waals surface area contributed by atoms with Crippen molar-refractivity contribution in [1.82, 2.24) is 4.90 Å². The number of nitrogens with zero attached hydrogens (tertiary/aromatic N) is 1. The lowest BCUT2D eigenvalue weighted by molar-refractivity contribution is -0.134. The zero-order chi connectivity index (χ0) is 14.5. The molecule has 1 saturated heterocycles. The number of likely N-dealkylation sites (tertiary alicyclic amines) is 1. The van der Waals surface area contributed by atoms with Gasteiger partial charge in [0.1, 0.15) is 0 Å². The summed E-state index contributed by atoms with van der Waals surface area (Å²) in [7, 11) is 0. The number of nitrogens with two attached hydrogens (primary N) is 1. The predicted octanol–water partition coefficient (Wildman–Crippen LogP) is 2.24. The Morgan fingerprint density at radius 1 is 1.30 bits per heavy atom. The molecule has 1 aliphatic heterocycles. The van der Waals surface area contributed by atoms with E-state index in [-0.39, 0.29) is 18.4 Å². The number of carbonyl (C=O) groups is 1. The summed E-state index contributed by atoms with van der Waals surface area (Å²) in [6.45, 7) is 1.28. The van der Waals surface area contributed by atoms with Crippen LogP contribution >= 0.6 is 0 Å². The van der Waals surface area contributed by atoms with Crippen molar-refractivity contribution < 1.29 is 13.6 Å². The lowest BCUT2D eigenvalue weighted by Gasteiger charge is -2.35. The van der Waals surface area contributed by atoms with Crippen molar-refractivity contribution in [2.75, 3.05) is 13.1 Å². The van der Waals surface area contributed by atoms with Gasteiger partial charge in [-0.2, -0.15) is 0 Å². The summed E-state index contributed by atoms with van der Waals surface area (Å²) in [4.78, 5) is 14.2. The molecular formula is C15H20F2N2O. The van der Waals surface area contributed by atoms with Crippen molar-refractivity contribution >= 4 is 5.91 Å². The first-order valence-corrected chi connectivity index (χ1v) is 7.05. The summed E-state index contributed by atoms with van der Waals surface area (Å²) in [5.41, 5.74) is 6.09. The molecular weight excluding hydrogens is 262 g/mol. The normalized spacial score (nSPS) is 19.1. The lowest BCUT2D eigenvalue weighted by atomic mass is 9.98. The van der Waals surface area contributed by atoms with E-state index in [1.165, 1.54) is 6.07 Å². The fourth-order valence-corrected chi connectivity index (χ4v) is 2.75. The van der Waals surface area contributed by atoms with Gasteiger partial charge in [-0.1, -0.05) is 6.07 Å². The summed E-state index contributed by atoms with van der Waals surface area (Å²) in [5.74, 6) is -1.83. The predicted molar refractivity (Wildman–Crippen MR) is 73.1 cm³/mol. The number of benzene rings is 1. The highest BCUT2D eigenvalue weighted by Crippen LogP contribution is 2.20. The first-order valence-electron chi connectivity index (χ1n) is 7.05. The van der Waals surface area contributed by atoms with Gasteiger partial charge in [0, 0.05) is 12.6 Å². The number of hydrogen-bond donors (Lipinski definition) is 1. The van der Waals surface area contributed by atoms with Crippen molar-refractivity contribution in [1.29, 1.82) is 0 Å². The number of piperidine rings is 1. The van der Waals surface area contributed by atoms with E-state index < -0.39 is 11.6 Å². The standard InChI is InChI=1S/C15H20F2N2O/c16-13-5-4-11(9-14(13)17)10-15(20)19-8-2-1-3-12(19)6-7-18/h4-5,9,12H,1-3,6-8,10,18H2. The number of halogens is 2. The molecule has 5 heteroatoms. The molecule has 0 radical (unpaired) electrons. The van der Waals surface area contributed by atoms with Crippen LogP contribution in [0.1, 0.15) is 31.2 Å². The van der Waals surface area contributed by atoms with Crippen LogP contribution in [0.2, 0.25) is 0 Å². The molecule has 1 atom stereocenters. The Balaban J connectivity index is 2.03. The second-order valence-electron chi connectivity index (χ2n) is 5.24. The third-order valence-electron chi connectivity index (χ3n) is 3.79. The van der Waals surface area contributed by atoms with Crippen molar-refractivity contribution in [3.63, 3.8) is 0 Å². The molecule has 0 spiro atoms. The van der Waals surface area contributed by atoms with Crippen LogP contribution < -0.4 is 5.73 Å². The summed E-state index contributed by atoms with van der Waals surface area (Å²) in [6, 6.07) is 3.80. The van der Waals surface area contributed by atoms with Crippen LogP contribution in [-0.4, -0.2) is 29.9 Å². The van der Waals surface area contributed by atoms with E-state index in [0.29, 0.717) is 12.1 Å². The molecule has 20 heavy (non-hydrogen) atoms. The maximum absolute atomic E-state index is 13.2. The maximum Gasteiger partial charge on any atom is 0.227 e. The minimum atomic E-state index is -0.910. The highest BCUT2D eigenvalue weighted by Gasteiger charge is 2.26. The second-order valence-corrected chi connectivity index (χ2v) is 5.24. The van der Waals surface area contributed by atoms with E-state index in [1.54, 1.807) is 0 Å². The van der Waals surface area contributed by atoms with Crippen LogP contribution in [0, 0.1) is 11.6 Å². The quantitative estimate of drug-likeness (QED) is 0.920. The zero-order valence-electron chi connectivity index (χ0n) is 11.4. The Hall–Kier alpha value is -1.49. The van der Waals surface area contributed by atoms with E-state index in [0.717, 1.165) is 44.4 Å². The largest absolute Gasteiger partial charge is 0.339 e. The van der Waals surface area contributed by atoms with Gasteiger partial charge in [-0.15, -0.1) is 0 Å². The van der Waals surface area contributed by atoms with Gasteiger partial charge in [-0.25, -0.2) is 8.78 Å². The molecule has 1 aliphatic rings. The highest BCUT2D eigenvalue weighted by atomic mass is 19.2. The Labute approximate surface area is 117 Å². The van der Waals surface area contributed by atoms with Gasteiger partial charge in [0.05, 0.1) is 6.42 Å². The summed E-state index contributed by atoms with van der Waals surface area (Å²) in [5, 5.41) is 0. The van der Waals surface area contributed by atoms with Gasteiger partial charge in [0.15, 0.2) is 11.6 Å². The lowest BCUT2D eigenvalue weighted by Crippen LogP contribution is -2.45. The number of amides is 1. The average molecular weight is 282 g/mol. The SMILES string of the molecule is NCCC1CCCCN1C(=O)Cc1ccc(F)c(F)c1. The second kappa shape index (κ2) is 6.79. The number of carbonyl (C=O) groups excluding carboxylic acids is 1. The number of rotatable bonds is 4. The van der Waals surface area contributed by atoms with Crippen LogP contribution in [-0.2, 0) is 11.2 Å². The number of hydrogen-bond acceptors (Lipinski definition) is 2. The topological polar surface area (TPSA) is 46.3 Å². The molecule has 0 aliphatic carbocycles. The smallest absolute Gasteiger partial charge is 0.227 e. The molecule has 2 rings (SSSR count). The first-order chi connectivity index (χ1) is 9.61. The Kier molecular flexibility index (Phi) is 5.06. The van der Waals surface area contributed by atoms with Crippen molar-refractivity contribution in [2.45, 2.75) is 38.1 Å². The van der Waals surface area contributed by atoms with Crippen molar-refractivity contribution in [2.24, 2.45) is 5.73 Å². The van der Waals surface area contributed by atoms with Gasteiger partial charge >= 0.3 is 0 Å². The highest BCUT2D eigenvalue weighted by molar-refractivity contribution is 5.79. The summed E-state index contributed by atoms with van der Waals surface area (Å²) < 4.78 is 26.0. The average Bonchev–Trinajstić information content (AvgIpc) is 2.44. The van der Waals surface area contributed by atoms with E-state index in [4.69, 9.17) is 5.73 Å². The Bertz CT molecular complexity index is 477. The third kappa shape index (κ3) is 3.54. The van der Waals surface area contributed by atoms with Crippen molar-refractivity contribution in [3.05, 3.63) is 35.4 Å². The van der Waals surface area contributed by atoms with E-state index >= 15 is 0 Å². The van der Waals surface area contributed by atoms with E-state index in [9.17, 15) is 13.6 Å². The van der Waals surface area contributed by atoms with Gasteiger partial charge in [0.2, 0.25) is 5.91 Å². The van der Waals surface area contributed by atoms with E-state index in [1.807, 2.05) is 4.90 Å². The van der Waals surface area contributed by atoms with Crippen LogP contribution in [0.5, 0.6) is 0 Å². The molecule has 110 valence electrons. The molecule has 1 amide bonds. The van der Waals surface area contributed by atoms with E-state index in [2.05, 4.69) is 0 Å². The fourth-order valence-electron chi connectivity index (χ4n) is 2.75. The molecule has 3 nitrogen and oxygen atoms in total. The molecule has 0 aromatic heterocycles. The molecule has 1 aromatic carbocycles. The minimum Gasteiger partial charge on any atom is -0.339 e. The molecule has 1 aromatic rings. The van der Waals surface area contributed by atoms with Crippen LogP contribution in [0.25, 0.3) is 0 Å². The third-order valence-corrected chi connectivity index (χ3v) is 3.79. The van der Waals surface area contributed by atoms with Gasteiger partial charge in [0.25, 0.3) is 0 Å². The van der Waals surface area contributed by atoms with Crippen LogP contribution in [0.4, 0.5) is 8.78 Å². The maximum atomic E-state index is 13.2. The molecule has 0 saturated carbocycles. The zero-order valence-corrected chi connectivity index (χ0v) is 11.4. The van der Waals surface area contributed by atoms with Crippen LogP contribution in [0.15, 0.2) is 18.2 Å².